The summed E-state index contributed by atoms with van der Waals surface area (Å²) in [7, 11) is 1.60. The number of hydrazine groups is 1. The number of amides is 2. The molecule has 0 atom stereocenters. The zero-order valence-electron chi connectivity index (χ0n) is 22.0. The Morgan fingerprint density at radius 2 is 1.80 bits per heavy atom. The molecule has 1 fully saturated rings. The summed E-state index contributed by atoms with van der Waals surface area (Å²) in [6.45, 7) is 3.35. The first kappa shape index (κ1) is 26.4. The predicted octanol–water partition coefficient (Wildman–Crippen LogP) is 4.25. The summed E-state index contributed by atoms with van der Waals surface area (Å²) in [5.74, 6) is 1.38. The molecule has 0 bridgehead atoms. The molecule has 0 aliphatic heterocycles. The molecule has 2 aromatic carbocycles. The van der Waals surface area contributed by atoms with Crippen molar-refractivity contribution in [3.05, 3.63) is 79.2 Å². The third-order valence-corrected chi connectivity index (χ3v) is 6.70. The minimum Gasteiger partial charge on any atom is -0.496 e. The number of nitrogens with zero attached hydrogens (tertiary/aromatic N) is 4. The molecule has 204 valence electrons. The van der Waals surface area contributed by atoms with Gasteiger partial charge in [-0.05, 0) is 56.0 Å². The summed E-state index contributed by atoms with van der Waals surface area (Å²) in [6.07, 6.45) is 6.93. The summed E-state index contributed by atoms with van der Waals surface area (Å²) in [5, 5.41) is 5.62. The Kier molecular flexibility index (Phi) is 7.72. The van der Waals surface area contributed by atoms with Crippen molar-refractivity contribution < 1.29 is 19.1 Å². The van der Waals surface area contributed by atoms with E-state index < -0.39 is 5.91 Å². The normalized spacial score (nSPS) is 14.8. The highest BCUT2D eigenvalue weighted by molar-refractivity contribution is 5.99. The highest BCUT2D eigenvalue weighted by atomic mass is 16.5. The van der Waals surface area contributed by atoms with E-state index in [1.54, 1.807) is 7.11 Å². The molecule has 40 heavy (non-hydrogen) atoms. The fourth-order valence-corrected chi connectivity index (χ4v) is 4.75. The maximum absolute atomic E-state index is 12.1. The lowest BCUT2D eigenvalue weighted by molar-refractivity contribution is -0.123. The summed E-state index contributed by atoms with van der Waals surface area (Å²) in [6, 6.07) is 15.1. The van der Waals surface area contributed by atoms with E-state index in [0.29, 0.717) is 46.9 Å². The SMILES string of the molecule is C=CC(=O)NNC(=O)C=C1CCC(n2nc(-c3ccc(Oc4ccccc4)cc3OC)c3c(N)ncnc32)CC1. The molecule has 2 amide bonds. The van der Waals surface area contributed by atoms with Gasteiger partial charge in [-0.2, -0.15) is 5.10 Å². The third kappa shape index (κ3) is 5.63. The number of methoxy groups -OCH3 is 1. The number of benzene rings is 2. The van der Waals surface area contributed by atoms with Crippen LogP contribution in [0.4, 0.5) is 5.82 Å². The maximum atomic E-state index is 12.1. The van der Waals surface area contributed by atoms with Gasteiger partial charge >= 0.3 is 0 Å². The largest absolute Gasteiger partial charge is 0.496 e. The van der Waals surface area contributed by atoms with E-state index in [1.807, 2.05) is 53.2 Å². The van der Waals surface area contributed by atoms with Crippen LogP contribution in [-0.4, -0.2) is 38.7 Å². The number of carbonyl (C=O) groups excluding carboxylic acids is 2. The number of nitrogens with two attached hydrogens (primary N) is 1. The van der Waals surface area contributed by atoms with Crippen molar-refractivity contribution in [2.75, 3.05) is 12.8 Å². The monoisotopic (exact) mass is 539 g/mol. The molecule has 4 N–H and O–H groups in total. The Hall–Kier alpha value is -5.19. The number of ether oxygens (including phenoxy) is 2. The Balaban J connectivity index is 1.41. The first-order valence-electron chi connectivity index (χ1n) is 12.8. The highest BCUT2D eigenvalue weighted by Crippen LogP contribution is 2.41. The third-order valence-electron chi connectivity index (χ3n) is 6.70. The van der Waals surface area contributed by atoms with Crippen LogP contribution in [0.3, 0.4) is 0 Å². The molecule has 11 nitrogen and oxygen atoms in total. The van der Waals surface area contributed by atoms with E-state index in [2.05, 4.69) is 27.4 Å². The average Bonchev–Trinajstić information content (AvgIpc) is 3.37. The van der Waals surface area contributed by atoms with Crippen LogP contribution in [-0.2, 0) is 9.59 Å². The van der Waals surface area contributed by atoms with Crippen molar-refractivity contribution in [2.24, 2.45) is 0 Å². The van der Waals surface area contributed by atoms with E-state index in [-0.39, 0.29) is 11.9 Å². The van der Waals surface area contributed by atoms with Crippen LogP contribution in [0.5, 0.6) is 17.2 Å². The molecule has 2 heterocycles. The first-order chi connectivity index (χ1) is 19.5. The summed E-state index contributed by atoms with van der Waals surface area (Å²) in [5.41, 5.74) is 13.9. The smallest absolute Gasteiger partial charge is 0.262 e. The van der Waals surface area contributed by atoms with Crippen LogP contribution in [0.15, 0.2) is 79.2 Å². The van der Waals surface area contributed by atoms with Gasteiger partial charge in [0.25, 0.3) is 11.8 Å². The fourth-order valence-electron chi connectivity index (χ4n) is 4.75. The number of rotatable bonds is 7. The fraction of sp³-hybridized carbons (Fsp3) is 0.207. The van der Waals surface area contributed by atoms with Gasteiger partial charge in [-0.25, -0.2) is 14.6 Å². The quantitative estimate of drug-likeness (QED) is 0.233. The number of fused-ring (bicyclic) bond motifs is 1. The van der Waals surface area contributed by atoms with Crippen molar-refractivity contribution >= 4 is 28.7 Å². The number of hydrogen-bond acceptors (Lipinski definition) is 8. The number of aromatic nitrogens is 4. The first-order valence-corrected chi connectivity index (χ1v) is 12.8. The molecule has 1 aliphatic rings. The number of anilines is 1. The van der Waals surface area contributed by atoms with Crippen molar-refractivity contribution in [1.29, 1.82) is 0 Å². The Bertz CT molecular complexity index is 1590. The van der Waals surface area contributed by atoms with Crippen LogP contribution < -0.4 is 26.1 Å². The van der Waals surface area contributed by atoms with Crippen molar-refractivity contribution in [3.8, 4) is 28.5 Å². The lowest BCUT2D eigenvalue weighted by atomic mass is 9.90. The molecule has 0 radical (unpaired) electrons. The van der Waals surface area contributed by atoms with Crippen LogP contribution in [0.25, 0.3) is 22.3 Å². The molecule has 11 heteroatoms. The van der Waals surface area contributed by atoms with E-state index >= 15 is 0 Å². The molecule has 0 spiro atoms. The molecular formula is C29H29N7O4. The van der Waals surface area contributed by atoms with Gasteiger partial charge in [0.05, 0.1) is 18.5 Å². The lowest BCUT2D eigenvalue weighted by Gasteiger charge is -2.24. The average molecular weight is 540 g/mol. The number of carbonyl (C=O) groups is 2. The van der Waals surface area contributed by atoms with Crippen molar-refractivity contribution in [2.45, 2.75) is 31.7 Å². The van der Waals surface area contributed by atoms with Gasteiger partial charge in [-0.1, -0.05) is 30.4 Å². The van der Waals surface area contributed by atoms with Gasteiger partial charge < -0.3 is 15.2 Å². The molecule has 1 saturated carbocycles. The second-order valence-electron chi connectivity index (χ2n) is 9.24. The van der Waals surface area contributed by atoms with Gasteiger partial charge in [0.15, 0.2) is 5.65 Å². The second kappa shape index (κ2) is 11.7. The number of para-hydroxylation sites is 1. The number of nitrogens with one attached hydrogen (secondary N) is 2. The van der Waals surface area contributed by atoms with Crippen LogP contribution in [0, 0.1) is 0 Å². The molecule has 1 aliphatic carbocycles. The van der Waals surface area contributed by atoms with E-state index in [1.165, 1.54) is 12.4 Å². The number of nitrogen functional groups attached to an aromatic ring is 1. The van der Waals surface area contributed by atoms with Gasteiger partial charge in [-0.15, -0.1) is 0 Å². The Morgan fingerprint density at radius 3 is 2.52 bits per heavy atom. The second-order valence-corrected chi connectivity index (χ2v) is 9.24. The number of hydrogen-bond donors (Lipinski definition) is 3. The highest BCUT2D eigenvalue weighted by Gasteiger charge is 2.26. The van der Waals surface area contributed by atoms with Gasteiger partial charge in [0.2, 0.25) is 0 Å². The van der Waals surface area contributed by atoms with Crippen LogP contribution >= 0.6 is 0 Å². The Labute approximate surface area is 230 Å². The van der Waals surface area contributed by atoms with Crippen molar-refractivity contribution in [1.82, 2.24) is 30.6 Å². The van der Waals surface area contributed by atoms with Gasteiger partial charge in [-0.3, -0.25) is 20.4 Å². The van der Waals surface area contributed by atoms with E-state index in [9.17, 15) is 9.59 Å². The minimum absolute atomic E-state index is 0.0397. The summed E-state index contributed by atoms with van der Waals surface area (Å²) in [4.78, 5) is 32.1. The maximum Gasteiger partial charge on any atom is 0.262 e. The molecule has 0 saturated heterocycles. The van der Waals surface area contributed by atoms with E-state index in [0.717, 1.165) is 35.8 Å². The summed E-state index contributed by atoms with van der Waals surface area (Å²) < 4.78 is 13.6. The predicted molar refractivity (Wildman–Crippen MR) is 150 cm³/mol. The minimum atomic E-state index is -0.479. The molecule has 5 rings (SSSR count). The van der Waals surface area contributed by atoms with Crippen molar-refractivity contribution in [3.63, 3.8) is 0 Å². The Morgan fingerprint density at radius 1 is 1.05 bits per heavy atom. The number of allylic oxidation sites excluding steroid dienone is 1. The molecular weight excluding hydrogens is 510 g/mol. The van der Waals surface area contributed by atoms with Gasteiger partial charge in [0.1, 0.15) is 35.1 Å². The lowest BCUT2D eigenvalue weighted by Crippen LogP contribution is -2.40. The summed E-state index contributed by atoms with van der Waals surface area (Å²) >= 11 is 0. The van der Waals surface area contributed by atoms with E-state index in [4.69, 9.17) is 20.3 Å². The topological polar surface area (TPSA) is 146 Å². The van der Waals surface area contributed by atoms with Crippen LogP contribution in [0.1, 0.15) is 31.7 Å². The zero-order chi connectivity index (χ0) is 28.1. The molecule has 2 aromatic heterocycles. The molecule has 4 aromatic rings. The standard InChI is InChI=1S/C29H29N7O4/c1-3-24(37)33-34-25(38)15-18-9-11-19(12-10-18)36-29-26(28(30)31-17-32-29)27(35-36)22-14-13-21(16-23(22)39-2)40-20-7-5-4-6-8-20/h3-8,13-17,19H,1,9-12H2,2H3,(H,33,37)(H,34,38)(H2,30,31,32). The molecule has 0 unspecified atom stereocenters. The zero-order valence-corrected chi connectivity index (χ0v) is 22.0. The van der Waals surface area contributed by atoms with Crippen LogP contribution in [0.2, 0.25) is 0 Å². The van der Waals surface area contributed by atoms with Gasteiger partial charge in [0, 0.05) is 17.7 Å².